The third kappa shape index (κ3) is 3.96. The summed E-state index contributed by atoms with van der Waals surface area (Å²) in [5, 5.41) is 3.55. The summed E-state index contributed by atoms with van der Waals surface area (Å²) in [6.45, 7) is 9.88. The van der Waals surface area contributed by atoms with Crippen LogP contribution >= 0.6 is 0 Å². The molecule has 0 spiro atoms. The van der Waals surface area contributed by atoms with Crippen LogP contribution in [0.15, 0.2) is 71.3 Å². The van der Waals surface area contributed by atoms with Crippen LogP contribution < -0.4 is 10.2 Å². The Kier molecular flexibility index (Phi) is 6.75. The molecule has 36 heavy (non-hydrogen) atoms. The maximum Gasteiger partial charge on any atom is 0.323 e. The van der Waals surface area contributed by atoms with E-state index >= 15 is 0 Å². The first-order chi connectivity index (χ1) is 17.2. The number of aldehydes is 1. The van der Waals surface area contributed by atoms with Crippen molar-refractivity contribution in [3.63, 3.8) is 0 Å². The fraction of sp³-hybridized carbons (Fsp3) is 0.241. The number of nitrogens with zero attached hydrogens (tertiary/aromatic N) is 3. The Morgan fingerprint density at radius 2 is 1.86 bits per heavy atom. The Bertz CT molecular complexity index is 1400. The highest BCUT2D eigenvalue weighted by atomic mass is 16.3. The molecule has 7 heteroatoms. The maximum atomic E-state index is 13.2. The topological polar surface area (TPSA) is 70.7 Å². The summed E-state index contributed by atoms with van der Waals surface area (Å²) in [5.41, 5.74) is 5.93. The Hall–Kier alpha value is -4.26. The molecular weight excluding hydrogens is 452 g/mol. The normalized spacial score (nSPS) is 15.0. The molecule has 1 atom stereocenters. The van der Waals surface area contributed by atoms with E-state index in [2.05, 4.69) is 16.5 Å². The van der Waals surface area contributed by atoms with E-state index in [1.54, 1.807) is 27.2 Å². The first-order valence-electron chi connectivity index (χ1n) is 11.8. The fourth-order valence-corrected chi connectivity index (χ4v) is 4.80. The molecular formula is C29H32N4O3. The number of rotatable bonds is 6. The molecule has 0 saturated heterocycles. The number of carbonyl (C=O) groups is 2. The van der Waals surface area contributed by atoms with Crippen LogP contribution in [0.25, 0.3) is 17.0 Å². The largest absolute Gasteiger partial charge is 0.464 e. The number of benzene rings is 1. The van der Waals surface area contributed by atoms with E-state index in [0.29, 0.717) is 22.7 Å². The van der Waals surface area contributed by atoms with Crippen LogP contribution in [-0.2, 0) is 0 Å². The second-order valence-electron chi connectivity index (χ2n) is 9.03. The number of urea groups is 1. The van der Waals surface area contributed by atoms with Gasteiger partial charge in [0.2, 0.25) is 0 Å². The molecule has 0 saturated carbocycles. The molecule has 3 heterocycles. The lowest BCUT2D eigenvalue weighted by atomic mass is 10.0. The van der Waals surface area contributed by atoms with E-state index in [1.807, 2.05) is 69.3 Å². The summed E-state index contributed by atoms with van der Waals surface area (Å²) in [4.78, 5) is 29.1. The number of allylic oxidation sites excluding steroid dienone is 4. The number of aryl methyl sites for hydroxylation is 2. The predicted molar refractivity (Wildman–Crippen MR) is 144 cm³/mol. The molecule has 1 aromatic carbocycles. The summed E-state index contributed by atoms with van der Waals surface area (Å²) in [6, 6.07) is 11.0. The second kappa shape index (κ2) is 9.77. The van der Waals surface area contributed by atoms with Gasteiger partial charge in [0.25, 0.3) is 0 Å². The van der Waals surface area contributed by atoms with Crippen LogP contribution in [0.4, 0.5) is 10.5 Å². The van der Waals surface area contributed by atoms with Gasteiger partial charge >= 0.3 is 6.03 Å². The van der Waals surface area contributed by atoms with Gasteiger partial charge in [0, 0.05) is 26.7 Å². The fourth-order valence-electron chi connectivity index (χ4n) is 4.80. The molecule has 0 aliphatic carbocycles. The number of aromatic nitrogens is 1. The minimum Gasteiger partial charge on any atom is -0.464 e. The number of fused-ring (bicyclic) bond motifs is 1. The van der Waals surface area contributed by atoms with E-state index in [0.717, 1.165) is 40.3 Å². The molecule has 2 aromatic heterocycles. The first-order valence-corrected chi connectivity index (χ1v) is 11.8. The van der Waals surface area contributed by atoms with Crippen LogP contribution in [0, 0.1) is 13.8 Å². The molecule has 0 radical (unpaired) electrons. The SMILES string of the molecule is C=CC1=C(/C=C\C)n2c(-c3ccccc3C)c(C=O)c(N(C)C(=O)N(C)C)c2C(c2ccc(C)o2)N1. The van der Waals surface area contributed by atoms with E-state index in [9.17, 15) is 9.59 Å². The van der Waals surface area contributed by atoms with Gasteiger partial charge in [-0.15, -0.1) is 0 Å². The third-order valence-electron chi connectivity index (χ3n) is 6.40. The van der Waals surface area contributed by atoms with Crippen molar-refractivity contribution in [1.29, 1.82) is 0 Å². The Balaban J connectivity index is 2.22. The molecule has 0 bridgehead atoms. The maximum absolute atomic E-state index is 13.2. The number of hydrogen-bond acceptors (Lipinski definition) is 4. The van der Waals surface area contributed by atoms with Crippen molar-refractivity contribution in [3.8, 4) is 11.3 Å². The predicted octanol–water partition coefficient (Wildman–Crippen LogP) is 5.92. The zero-order valence-corrected chi connectivity index (χ0v) is 21.6. The molecule has 1 N–H and O–H groups in total. The minimum absolute atomic E-state index is 0.247. The van der Waals surface area contributed by atoms with E-state index in [1.165, 1.54) is 9.80 Å². The summed E-state index contributed by atoms with van der Waals surface area (Å²) < 4.78 is 8.14. The lowest BCUT2D eigenvalue weighted by molar-refractivity contribution is 0.112. The zero-order valence-electron chi connectivity index (χ0n) is 21.6. The van der Waals surface area contributed by atoms with Crippen molar-refractivity contribution < 1.29 is 14.0 Å². The molecule has 4 rings (SSSR count). The smallest absolute Gasteiger partial charge is 0.323 e. The van der Waals surface area contributed by atoms with E-state index in [4.69, 9.17) is 4.42 Å². The van der Waals surface area contributed by atoms with Gasteiger partial charge < -0.3 is 19.2 Å². The number of amides is 2. The van der Waals surface area contributed by atoms with Gasteiger partial charge in [0.1, 0.15) is 17.6 Å². The Morgan fingerprint density at radius 3 is 2.42 bits per heavy atom. The summed E-state index contributed by atoms with van der Waals surface area (Å²) in [7, 11) is 5.08. The highest BCUT2D eigenvalue weighted by Crippen LogP contribution is 2.47. The van der Waals surface area contributed by atoms with Crippen molar-refractivity contribution in [3.05, 3.63) is 95.2 Å². The Morgan fingerprint density at radius 1 is 1.14 bits per heavy atom. The molecule has 2 amide bonds. The molecule has 186 valence electrons. The van der Waals surface area contributed by atoms with E-state index < -0.39 is 6.04 Å². The summed E-state index contributed by atoms with van der Waals surface area (Å²) in [5.74, 6) is 1.44. The number of hydrogen-bond donors (Lipinski definition) is 1. The van der Waals surface area contributed by atoms with Gasteiger partial charge in [-0.3, -0.25) is 9.69 Å². The minimum atomic E-state index is -0.468. The van der Waals surface area contributed by atoms with Crippen molar-refractivity contribution in [2.24, 2.45) is 0 Å². The average Bonchev–Trinajstić information content (AvgIpc) is 3.45. The van der Waals surface area contributed by atoms with E-state index in [-0.39, 0.29) is 6.03 Å². The lowest BCUT2D eigenvalue weighted by Crippen LogP contribution is -2.38. The van der Waals surface area contributed by atoms with Crippen LogP contribution in [0.3, 0.4) is 0 Å². The van der Waals surface area contributed by atoms with Crippen molar-refractivity contribution >= 4 is 23.7 Å². The number of carbonyl (C=O) groups excluding carboxylic acids is 2. The second-order valence-corrected chi connectivity index (χ2v) is 9.03. The molecule has 1 aliphatic heterocycles. The third-order valence-corrected chi connectivity index (χ3v) is 6.40. The van der Waals surface area contributed by atoms with Crippen molar-refractivity contribution in [1.82, 2.24) is 14.8 Å². The van der Waals surface area contributed by atoms with Gasteiger partial charge in [-0.1, -0.05) is 36.9 Å². The van der Waals surface area contributed by atoms with Crippen molar-refractivity contribution in [2.45, 2.75) is 26.8 Å². The quantitative estimate of drug-likeness (QED) is 0.441. The van der Waals surface area contributed by atoms with Crippen molar-refractivity contribution in [2.75, 3.05) is 26.0 Å². The molecule has 3 aromatic rings. The number of furan rings is 1. The molecule has 7 nitrogen and oxygen atoms in total. The molecule has 1 unspecified atom stereocenters. The standard InChI is InChI=1S/C29H32N4O3/c1-8-12-23-22(9-2)30-25(24-16-15-19(4)36-24)28-27(32(7)29(35)31(5)6)21(17-34)26(33(23)28)20-14-11-10-13-18(20)3/h8-17,25,30H,2H2,1,3-7H3/b12-8-. The summed E-state index contributed by atoms with van der Waals surface area (Å²) in [6.07, 6.45) is 6.52. The summed E-state index contributed by atoms with van der Waals surface area (Å²) >= 11 is 0. The molecule has 0 fully saturated rings. The Labute approximate surface area is 212 Å². The monoisotopic (exact) mass is 484 g/mol. The molecule has 1 aliphatic rings. The highest BCUT2D eigenvalue weighted by molar-refractivity contribution is 6.04. The van der Waals surface area contributed by atoms with Crippen LogP contribution in [0.1, 0.15) is 46.1 Å². The van der Waals surface area contributed by atoms with Crippen LogP contribution in [0.5, 0.6) is 0 Å². The number of anilines is 1. The van der Waals surface area contributed by atoms with Crippen LogP contribution in [-0.4, -0.2) is 42.9 Å². The van der Waals surface area contributed by atoms with Gasteiger partial charge in [-0.25, -0.2) is 4.79 Å². The average molecular weight is 485 g/mol. The van der Waals surface area contributed by atoms with Gasteiger partial charge in [0.05, 0.1) is 34.0 Å². The van der Waals surface area contributed by atoms with Gasteiger partial charge in [-0.2, -0.15) is 0 Å². The zero-order chi connectivity index (χ0) is 26.1. The lowest BCUT2D eigenvalue weighted by Gasteiger charge is -2.32. The highest BCUT2D eigenvalue weighted by Gasteiger charge is 2.38. The first kappa shape index (κ1) is 24.9. The van der Waals surface area contributed by atoms with Gasteiger partial charge in [0.15, 0.2) is 6.29 Å². The van der Waals surface area contributed by atoms with Crippen LogP contribution in [0.2, 0.25) is 0 Å². The van der Waals surface area contributed by atoms with Gasteiger partial charge in [-0.05, 0) is 50.6 Å². The number of nitrogens with one attached hydrogen (secondary N) is 1.